The number of carbonyl (C=O) groups is 1. The Kier molecular flexibility index (Phi) is 5.26. The number of hydrogen-bond donors (Lipinski definition) is 2. The number of hydrogen-bond acceptors (Lipinski definition) is 4. The highest BCUT2D eigenvalue weighted by atomic mass is 35.5. The first kappa shape index (κ1) is 16.6. The summed E-state index contributed by atoms with van der Waals surface area (Å²) in [5.74, 6) is 1.45. The van der Waals surface area contributed by atoms with E-state index in [1.807, 2.05) is 24.0 Å². The van der Waals surface area contributed by atoms with Gasteiger partial charge in [-0.25, -0.2) is 0 Å². The Labute approximate surface area is 135 Å². The Morgan fingerprint density at radius 1 is 1.50 bits per heavy atom. The lowest BCUT2D eigenvalue weighted by atomic mass is 10.0. The number of piperidine rings is 1. The zero-order chi connectivity index (χ0) is 14.8. The predicted molar refractivity (Wildman–Crippen MR) is 86.0 cm³/mol. The summed E-state index contributed by atoms with van der Waals surface area (Å²) in [6.07, 6.45) is 3.12. The summed E-state index contributed by atoms with van der Waals surface area (Å²) in [7, 11) is 0. The van der Waals surface area contributed by atoms with Gasteiger partial charge in [0.05, 0.1) is 0 Å². The van der Waals surface area contributed by atoms with E-state index in [4.69, 9.17) is 10.2 Å². The lowest BCUT2D eigenvalue weighted by Gasteiger charge is -2.34. The van der Waals surface area contributed by atoms with Crippen molar-refractivity contribution in [1.29, 1.82) is 0 Å². The molecule has 1 amide bonds. The fourth-order valence-electron chi connectivity index (χ4n) is 2.80. The van der Waals surface area contributed by atoms with Crippen LogP contribution < -0.4 is 5.73 Å². The molecule has 3 rings (SSSR count). The maximum absolute atomic E-state index is 12.6. The second kappa shape index (κ2) is 6.98. The van der Waals surface area contributed by atoms with Crippen LogP contribution in [0.15, 0.2) is 22.6 Å². The van der Waals surface area contributed by atoms with Gasteiger partial charge >= 0.3 is 0 Å². The van der Waals surface area contributed by atoms with Crippen LogP contribution in [-0.4, -0.2) is 40.1 Å². The summed E-state index contributed by atoms with van der Waals surface area (Å²) in [4.78, 5) is 14.4. The van der Waals surface area contributed by atoms with Crippen molar-refractivity contribution in [1.82, 2.24) is 15.1 Å². The Hall–Kier alpha value is -1.79. The number of halogens is 1. The number of rotatable bonds is 3. The van der Waals surface area contributed by atoms with Gasteiger partial charge in [0, 0.05) is 25.2 Å². The summed E-state index contributed by atoms with van der Waals surface area (Å²) in [6, 6.07) is 5.60. The molecule has 6 nitrogen and oxygen atoms in total. The van der Waals surface area contributed by atoms with E-state index in [9.17, 15) is 4.79 Å². The number of carbonyl (C=O) groups excluding carboxylic acids is 1. The van der Waals surface area contributed by atoms with Crippen LogP contribution >= 0.6 is 12.4 Å². The lowest BCUT2D eigenvalue weighted by Crippen LogP contribution is -2.47. The minimum atomic E-state index is -0.0593. The van der Waals surface area contributed by atoms with Gasteiger partial charge in [0.25, 0.3) is 5.91 Å². The Balaban J connectivity index is 0.00000176. The molecule has 1 atom stereocenters. The van der Waals surface area contributed by atoms with Gasteiger partial charge in [0.15, 0.2) is 11.5 Å². The first-order valence-electron chi connectivity index (χ1n) is 7.32. The lowest BCUT2D eigenvalue weighted by molar-refractivity contribution is 0.0617. The van der Waals surface area contributed by atoms with Gasteiger partial charge in [-0.2, -0.15) is 5.10 Å². The van der Waals surface area contributed by atoms with Gasteiger partial charge in [-0.15, -0.1) is 12.4 Å². The summed E-state index contributed by atoms with van der Waals surface area (Å²) < 4.78 is 5.53. The highest BCUT2D eigenvalue weighted by Crippen LogP contribution is 2.23. The fourth-order valence-corrected chi connectivity index (χ4v) is 2.80. The minimum Gasteiger partial charge on any atom is -0.460 e. The third-order valence-electron chi connectivity index (χ3n) is 3.96. The van der Waals surface area contributed by atoms with Crippen molar-refractivity contribution in [2.45, 2.75) is 32.2 Å². The molecule has 0 aromatic carbocycles. The van der Waals surface area contributed by atoms with Gasteiger partial charge in [0.2, 0.25) is 0 Å². The number of nitrogens with one attached hydrogen (secondary N) is 1. The number of nitrogens with zero attached hydrogens (tertiary/aromatic N) is 2. The van der Waals surface area contributed by atoms with Gasteiger partial charge in [-0.05, 0) is 38.3 Å². The zero-order valence-electron chi connectivity index (χ0n) is 12.5. The number of nitrogens with two attached hydrogens (primary N) is 1. The van der Waals surface area contributed by atoms with Crippen molar-refractivity contribution in [3.8, 4) is 11.5 Å². The molecule has 7 heteroatoms. The summed E-state index contributed by atoms with van der Waals surface area (Å²) >= 11 is 0. The van der Waals surface area contributed by atoms with E-state index < -0.39 is 0 Å². The van der Waals surface area contributed by atoms with Crippen LogP contribution in [0.1, 0.15) is 35.5 Å². The van der Waals surface area contributed by atoms with E-state index in [2.05, 4.69) is 10.2 Å². The molecular formula is C15H21ClN4O2. The molecular weight excluding hydrogens is 304 g/mol. The van der Waals surface area contributed by atoms with E-state index >= 15 is 0 Å². The largest absolute Gasteiger partial charge is 0.460 e. The molecule has 0 aliphatic carbocycles. The first-order valence-corrected chi connectivity index (χ1v) is 7.32. The first-order chi connectivity index (χ1) is 10.2. The van der Waals surface area contributed by atoms with Crippen LogP contribution in [0.4, 0.5) is 0 Å². The van der Waals surface area contributed by atoms with Crippen LogP contribution in [0, 0.1) is 6.92 Å². The van der Waals surface area contributed by atoms with Crippen LogP contribution in [-0.2, 0) is 0 Å². The molecule has 3 N–H and O–H groups in total. The van der Waals surface area contributed by atoms with Crippen molar-refractivity contribution in [3.63, 3.8) is 0 Å². The predicted octanol–water partition coefficient (Wildman–Crippen LogP) is 2.35. The number of amides is 1. The van der Waals surface area contributed by atoms with Gasteiger partial charge in [0.1, 0.15) is 11.5 Å². The van der Waals surface area contributed by atoms with Gasteiger partial charge in [-0.3, -0.25) is 9.89 Å². The summed E-state index contributed by atoms with van der Waals surface area (Å²) in [6.45, 7) is 3.13. The van der Waals surface area contributed by atoms with Crippen molar-refractivity contribution < 1.29 is 9.21 Å². The SMILES string of the molecule is Cc1ccc(-c2cc(C(=O)N3CCCCC3CN)n[nH]2)o1.Cl. The quantitative estimate of drug-likeness (QED) is 0.907. The number of aromatic amines is 1. The number of furan rings is 1. The molecule has 0 radical (unpaired) electrons. The van der Waals surface area contributed by atoms with Crippen molar-refractivity contribution in [2.24, 2.45) is 5.73 Å². The van der Waals surface area contributed by atoms with E-state index in [0.29, 0.717) is 23.7 Å². The van der Waals surface area contributed by atoms with Crippen LogP contribution in [0.5, 0.6) is 0 Å². The Morgan fingerprint density at radius 3 is 3.00 bits per heavy atom. The molecule has 2 aromatic rings. The van der Waals surface area contributed by atoms with E-state index in [1.54, 1.807) is 6.07 Å². The van der Waals surface area contributed by atoms with Crippen LogP contribution in [0.3, 0.4) is 0 Å². The van der Waals surface area contributed by atoms with E-state index in [1.165, 1.54) is 0 Å². The molecule has 1 fully saturated rings. The molecule has 1 aliphatic heterocycles. The summed E-state index contributed by atoms with van der Waals surface area (Å²) in [5.41, 5.74) is 6.90. The number of likely N-dealkylation sites (tertiary alicyclic amines) is 1. The van der Waals surface area contributed by atoms with Crippen LogP contribution in [0.25, 0.3) is 11.5 Å². The average molecular weight is 325 g/mol. The highest BCUT2D eigenvalue weighted by molar-refractivity contribution is 5.93. The molecule has 1 unspecified atom stereocenters. The molecule has 3 heterocycles. The minimum absolute atomic E-state index is 0. The maximum Gasteiger partial charge on any atom is 0.274 e. The third-order valence-corrected chi connectivity index (χ3v) is 3.96. The van der Waals surface area contributed by atoms with Crippen LogP contribution in [0.2, 0.25) is 0 Å². The summed E-state index contributed by atoms with van der Waals surface area (Å²) in [5, 5.41) is 6.99. The second-order valence-corrected chi connectivity index (χ2v) is 5.46. The highest BCUT2D eigenvalue weighted by Gasteiger charge is 2.28. The van der Waals surface area contributed by atoms with E-state index in [-0.39, 0.29) is 24.4 Å². The Morgan fingerprint density at radius 2 is 2.32 bits per heavy atom. The normalized spacial score (nSPS) is 18.1. The number of aryl methyl sites for hydroxylation is 1. The van der Waals surface area contributed by atoms with Crippen molar-refractivity contribution in [3.05, 3.63) is 29.7 Å². The van der Waals surface area contributed by atoms with Gasteiger partial charge in [-0.1, -0.05) is 0 Å². The molecule has 1 aliphatic rings. The molecule has 2 aromatic heterocycles. The molecule has 0 saturated carbocycles. The van der Waals surface area contributed by atoms with E-state index in [0.717, 1.165) is 31.6 Å². The third kappa shape index (κ3) is 3.18. The maximum atomic E-state index is 12.6. The fraction of sp³-hybridized carbons (Fsp3) is 0.467. The molecule has 22 heavy (non-hydrogen) atoms. The standard InChI is InChI=1S/C15H20N4O2.ClH/c1-10-5-6-14(21-10)12-8-13(18-17-12)15(20)19-7-3-2-4-11(19)9-16;/h5-6,8,11H,2-4,7,9,16H2,1H3,(H,17,18);1H. The molecule has 0 spiro atoms. The van der Waals surface area contributed by atoms with Crippen molar-refractivity contribution >= 4 is 18.3 Å². The molecule has 120 valence electrons. The second-order valence-electron chi connectivity index (χ2n) is 5.46. The number of aromatic nitrogens is 2. The Bertz CT molecular complexity index is 637. The molecule has 1 saturated heterocycles. The zero-order valence-corrected chi connectivity index (χ0v) is 13.4. The average Bonchev–Trinajstić information content (AvgIpc) is 3.15. The smallest absolute Gasteiger partial charge is 0.274 e. The van der Waals surface area contributed by atoms with Crippen molar-refractivity contribution in [2.75, 3.05) is 13.1 Å². The molecule has 0 bridgehead atoms. The number of H-pyrrole nitrogens is 1. The monoisotopic (exact) mass is 324 g/mol. The van der Waals surface area contributed by atoms with Gasteiger partial charge < -0.3 is 15.1 Å². The topological polar surface area (TPSA) is 88.1 Å².